The minimum absolute atomic E-state index is 0.00448. The number of carbonyl (C=O) groups is 1. The van der Waals surface area contributed by atoms with Gasteiger partial charge in [-0.25, -0.2) is 4.98 Å². The molecule has 2 aromatic carbocycles. The van der Waals surface area contributed by atoms with Crippen LogP contribution >= 0.6 is 11.3 Å². The van der Waals surface area contributed by atoms with E-state index in [-0.39, 0.29) is 18.8 Å². The number of thiophene rings is 1. The molecule has 1 fully saturated rings. The third kappa shape index (κ3) is 4.90. The minimum atomic E-state index is -0.269. The monoisotopic (exact) mass is 555 g/mol. The maximum absolute atomic E-state index is 14.0. The third-order valence-electron chi connectivity index (χ3n) is 8.26. The van der Waals surface area contributed by atoms with Crippen molar-refractivity contribution in [3.8, 4) is 11.5 Å². The van der Waals surface area contributed by atoms with Gasteiger partial charge in [0.1, 0.15) is 5.82 Å². The Balaban J connectivity index is 1.29. The Labute approximate surface area is 238 Å². The van der Waals surface area contributed by atoms with Crippen LogP contribution in [0.15, 0.2) is 48.5 Å². The van der Waals surface area contributed by atoms with Crippen LogP contribution in [-0.4, -0.2) is 46.9 Å². The number of hydrogen-bond acceptors (Lipinski definition) is 7. The Morgan fingerprint density at radius 1 is 1.02 bits per heavy atom. The maximum atomic E-state index is 14.0. The average Bonchev–Trinajstić information content (AvgIpc) is 3.72. The topological polar surface area (TPSA) is 75.1 Å². The second-order valence-corrected chi connectivity index (χ2v) is 12.4. The number of anilines is 1. The Kier molecular flexibility index (Phi) is 6.60. The van der Waals surface area contributed by atoms with Crippen LogP contribution in [0.3, 0.4) is 0 Å². The van der Waals surface area contributed by atoms with E-state index in [0.29, 0.717) is 18.8 Å². The molecule has 0 unspecified atom stereocenters. The zero-order valence-electron chi connectivity index (χ0n) is 22.7. The second kappa shape index (κ2) is 10.4. The number of piperidine rings is 1. The predicted octanol–water partition coefficient (Wildman–Crippen LogP) is 5.63. The summed E-state index contributed by atoms with van der Waals surface area (Å²) in [5.74, 6) is 2.37. The fraction of sp³-hybridized carbons (Fsp3) is 0.375. The lowest BCUT2D eigenvalue weighted by Gasteiger charge is -2.33. The van der Waals surface area contributed by atoms with Crippen molar-refractivity contribution < 1.29 is 19.4 Å². The fourth-order valence-electron chi connectivity index (χ4n) is 6.12. The quantitative estimate of drug-likeness (QED) is 0.333. The van der Waals surface area contributed by atoms with Gasteiger partial charge in [0.25, 0.3) is 5.91 Å². The van der Waals surface area contributed by atoms with Gasteiger partial charge >= 0.3 is 0 Å². The molecule has 1 aliphatic carbocycles. The number of hydrogen-bond donors (Lipinski definition) is 1. The number of nitrogens with zero attached hydrogens (tertiary/aromatic N) is 3. The summed E-state index contributed by atoms with van der Waals surface area (Å²) in [5, 5.41) is 11.3. The van der Waals surface area contributed by atoms with Crippen molar-refractivity contribution in [2.45, 2.75) is 58.2 Å². The molecule has 0 atom stereocenters. The van der Waals surface area contributed by atoms with Crippen molar-refractivity contribution in [3.63, 3.8) is 0 Å². The van der Waals surface area contributed by atoms with Gasteiger partial charge in [0.05, 0.1) is 23.0 Å². The Morgan fingerprint density at radius 2 is 1.82 bits per heavy atom. The molecule has 40 heavy (non-hydrogen) atoms. The van der Waals surface area contributed by atoms with E-state index in [9.17, 15) is 9.90 Å². The summed E-state index contributed by atoms with van der Waals surface area (Å²) in [6, 6.07) is 16.6. The highest BCUT2D eigenvalue weighted by Crippen LogP contribution is 2.35. The molecular weight excluding hydrogens is 522 g/mol. The van der Waals surface area contributed by atoms with Crippen LogP contribution in [0.2, 0.25) is 0 Å². The molecule has 1 N–H and O–H groups in total. The third-order valence-corrected chi connectivity index (χ3v) is 9.25. The summed E-state index contributed by atoms with van der Waals surface area (Å²) >= 11 is 1.52. The molecule has 0 spiro atoms. The van der Waals surface area contributed by atoms with Gasteiger partial charge in [-0.15, -0.1) is 11.3 Å². The highest BCUT2D eigenvalue weighted by atomic mass is 32.1. The van der Waals surface area contributed by atoms with Gasteiger partial charge in [0, 0.05) is 35.5 Å². The number of fused-ring (bicyclic) bond motifs is 3. The number of pyridine rings is 1. The molecule has 4 heterocycles. The van der Waals surface area contributed by atoms with Gasteiger partial charge in [0.2, 0.25) is 6.79 Å². The summed E-state index contributed by atoms with van der Waals surface area (Å²) in [4.78, 5) is 25.2. The predicted molar refractivity (Wildman–Crippen MR) is 156 cm³/mol. The molecule has 0 bridgehead atoms. The van der Waals surface area contributed by atoms with Crippen molar-refractivity contribution in [2.75, 3.05) is 24.8 Å². The largest absolute Gasteiger partial charge is 0.454 e. The first-order chi connectivity index (χ1) is 19.5. The Bertz CT molecular complexity index is 1590. The summed E-state index contributed by atoms with van der Waals surface area (Å²) in [5.41, 5.74) is 5.84. The molecule has 1 saturated heterocycles. The van der Waals surface area contributed by atoms with Crippen molar-refractivity contribution in [1.29, 1.82) is 0 Å². The number of ether oxygens (including phenoxy) is 2. The zero-order valence-corrected chi connectivity index (χ0v) is 23.5. The maximum Gasteiger partial charge on any atom is 0.264 e. The molecule has 3 aliphatic rings. The minimum Gasteiger partial charge on any atom is -0.454 e. The Morgan fingerprint density at radius 3 is 2.62 bits per heavy atom. The van der Waals surface area contributed by atoms with E-state index in [1.165, 1.54) is 28.9 Å². The summed E-state index contributed by atoms with van der Waals surface area (Å²) in [6.07, 6.45) is 4.58. The van der Waals surface area contributed by atoms with E-state index in [0.717, 1.165) is 82.1 Å². The van der Waals surface area contributed by atoms with Gasteiger partial charge < -0.3 is 24.4 Å². The first-order valence-corrected chi connectivity index (χ1v) is 14.9. The molecule has 0 saturated carbocycles. The molecule has 2 aliphatic heterocycles. The molecule has 8 heteroatoms. The van der Waals surface area contributed by atoms with Crippen LogP contribution < -0.4 is 14.4 Å². The molecule has 7 rings (SSSR count). The Hall–Kier alpha value is -3.62. The number of aromatic nitrogens is 1. The lowest BCUT2D eigenvalue weighted by molar-refractivity contribution is 0.0735. The second-order valence-electron chi connectivity index (χ2n) is 11.1. The first-order valence-electron chi connectivity index (χ1n) is 14.1. The highest BCUT2D eigenvalue weighted by molar-refractivity contribution is 7.13. The number of rotatable bonds is 6. The van der Waals surface area contributed by atoms with Crippen molar-refractivity contribution >= 4 is 34.0 Å². The lowest BCUT2D eigenvalue weighted by Crippen LogP contribution is -2.38. The number of carbonyl (C=O) groups excluding carboxylic acids is 1. The van der Waals surface area contributed by atoms with E-state index in [1.54, 1.807) is 0 Å². The van der Waals surface area contributed by atoms with Crippen LogP contribution in [0.4, 0.5) is 5.82 Å². The number of aryl methyl sites for hydroxylation is 3. The number of amides is 1. The summed E-state index contributed by atoms with van der Waals surface area (Å²) in [6.45, 7) is 4.61. The lowest BCUT2D eigenvalue weighted by atomic mass is 10.0. The molecule has 206 valence electrons. The molecule has 0 radical (unpaired) electrons. The van der Waals surface area contributed by atoms with Crippen molar-refractivity contribution in [2.24, 2.45) is 0 Å². The summed E-state index contributed by atoms with van der Waals surface area (Å²) < 4.78 is 11.1. The van der Waals surface area contributed by atoms with Gasteiger partial charge in [-0.3, -0.25) is 4.79 Å². The van der Waals surface area contributed by atoms with Crippen LogP contribution in [0.1, 0.15) is 56.1 Å². The molecule has 7 nitrogen and oxygen atoms in total. The normalized spacial score (nSPS) is 16.5. The van der Waals surface area contributed by atoms with E-state index < -0.39 is 0 Å². The molecule has 4 aromatic rings. The van der Waals surface area contributed by atoms with Crippen molar-refractivity contribution in [3.05, 3.63) is 80.5 Å². The zero-order chi connectivity index (χ0) is 27.2. The van der Waals surface area contributed by atoms with Crippen molar-refractivity contribution in [1.82, 2.24) is 9.88 Å². The molecular formula is C32H33N3O4S. The SMILES string of the molecule is Cc1ccc(C(=O)N(Cc2ccc3c(c2)OCO3)Cc2cc3cc4c(cc3nc2N2CCC(O)CC2)CCC4)s1. The van der Waals surface area contributed by atoms with Gasteiger partial charge in [-0.1, -0.05) is 6.07 Å². The van der Waals surface area contributed by atoms with Gasteiger partial charge in [-0.2, -0.15) is 0 Å². The fourth-order valence-corrected chi connectivity index (χ4v) is 6.95. The van der Waals surface area contributed by atoms with Crippen LogP contribution in [0, 0.1) is 6.92 Å². The van der Waals surface area contributed by atoms with Crippen LogP contribution in [-0.2, 0) is 25.9 Å². The molecule has 2 aromatic heterocycles. The standard InChI is InChI=1S/C32H33N3O4S/c1-20-5-8-30(40-20)32(37)35(17-21-6-7-28-29(13-21)39-19-38-28)18-25-15-24-14-22-3-2-4-23(22)16-27(24)33-31(25)34-11-9-26(36)10-12-34/h5-8,13-16,26,36H,2-4,9-12,17-19H2,1H3. The number of aliphatic hydroxyl groups is 1. The highest BCUT2D eigenvalue weighted by Gasteiger charge is 2.26. The van der Waals surface area contributed by atoms with Crippen LogP contribution in [0.25, 0.3) is 10.9 Å². The van der Waals surface area contributed by atoms with E-state index in [2.05, 4.69) is 23.1 Å². The number of benzene rings is 2. The van der Waals surface area contributed by atoms with E-state index in [1.807, 2.05) is 42.2 Å². The summed E-state index contributed by atoms with van der Waals surface area (Å²) in [7, 11) is 0. The molecule has 1 amide bonds. The van der Waals surface area contributed by atoms with Gasteiger partial charge in [-0.05, 0) is 98.2 Å². The van der Waals surface area contributed by atoms with Crippen LogP contribution in [0.5, 0.6) is 11.5 Å². The smallest absolute Gasteiger partial charge is 0.264 e. The van der Waals surface area contributed by atoms with E-state index >= 15 is 0 Å². The number of aliphatic hydroxyl groups excluding tert-OH is 1. The average molecular weight is 556 g/mol. The van der Waals surface area contributed by atoms with E-state index in [4.69, 9.17) is 14.5 Å². The first kappa shape index (κ1) is 25.4. The van der Waals surface area contributed by atoms with Gasteiger partial charge in [0.15, 0.2) is 11.5 Å².